The van der Waals surface area contributed by atoms with Crippen molar-refractivity contribution in [2.75, 3.05) is 0 Å². The van der Waals surface area contributed by atoms with Gasteiger partial charge in [0.25, 0.3) is 5.56 Å². The van der Waals surface area contributed by atoms with Crippen LogP contribution < -0.4 is 16.6 Å². The summed E-state index contributed by atoms with van der Waals surface area (Å²) in [6.45, 7) is 2.24. The lowest BCUT2D eigenvalue weighted by Crippen LogP contribution is -2.45. The summed E-state index contributed by atoms with van der Waals surface area (Å²) in [5, 5.41) is 3.28. The van der Waals surface area contributed by atoms with Crippen LogP contribution >= 0.6 is 0 Å². The van der Waals surface area contributed by atoms with Crippen LogP contribution in [0, 0.1) is 0 Å². The standard InChI is InChI=1S/C25H24N4O3/c1-2-21(23(30)27-16-19-12-8-9-15-26-19)29-22-14-7-6-13-20(22)24(31)28(25(29)32)17-18-10-4-3-5-11-18/h3-15,21H,2,16-17H2,1H3,(H,27,30). The number of fused-ring (bicyclic) bond motifs is 1. The van der Waals surface area contributed by atoms with E-state index in [1.165, 1.54) is 9.13 Å². The van der Waals surface area contributed by atoms with E-state index in [4.69, 9.17) is 0 Å². The van der Waals surface area contributed by atoms with Gasteiger partial charge in [0, 0.05) is 6.20 Å². The normalized spacial score (nSPS) is 11.9. The Kier molecular flexibility index (Phi) is 6.26. The van der Waals surface area contributed by atoms with Gasteiger partial charge in [-0.2, -0.15) is 0 Å². The number of nitrogens with zero attached hydrogens (tertiary/aromatic N) is 3. The third kappa shape index (κ3) is 4.23. The molecule has 0 radical (unpaired) electrons. The Morgan fingerprint density at radius 3 is 2.41 bits per heavy atom. The number of hydrogen-bond donors (Lipinski definition) is 1. The van der Waals surface area contributed by atoms with Crippen molar-refractivity contribution in [3.63, 3.8) is 0 Å². The fraction of sp³-hybridized carbons (Fsp3) is 0.200. The molecule has 1 N–H and O–H groups in total. The van der Waals surface area contributed by atoms with Crippen LogP contribution in [0.15, 0.2) is 88.6 Å². The molecule has 32 heavy (non-hydrogen) atoms. The predicted molar refractivity (Wildman–Crippen MR) is 123 cm³/mol. The first kappa shape index (κ1) is 21.2. The number of pyridine rings is 1. The van der Waals surface area contributed by atoms with Gasteiger partial charge in [0.15, 0.2) is 0 Å². The zero-order valence-electron chi connectivity index (χ0n) is 17.8. The van der Waals surface area contributed by atoms with Gasteiger partial charge in [0.05, 0.1) is 29.7 Å². The second-order valence-corrected chi connectivity index (χ2v) is 7.51. The molecule has 0 aliphatic carbocycles. The van der Waals surface area contributed by atoms with Gasteiger partial charge in [0.1, 0.15) is 6.04 Å². The van der Waals surface area contributed by atoms with Crippen molar-refractivity contribution in [2.45, 2.75) is 32.5 Å². The summed E-state index contributed by atoms with van der Waals surface area (Å²) in [5.74, 6) is -0.296. The summed E-state index contributed by atoms with van der Waals surface area (Å²) in [6.07, 6.45) is 2.05. The number of carbonyl (C=O) groups is 1. The van der Waals surface area contributed by atoms with E-state index in [-0.39, 0.29) is 24.6 Å². The SMILES string of the molecule is CCC(C(=O)NCc1ccccn1)n1c(=O)n(Cc2ccccc2)c(=O)c2ccccc21. The Hall–Kier alpha value is -4.00. The monoisotopic (exact) mass is 428 g/mol. The predicted octanol–water partition coefficient (Wildman–Crippen LogP) is 2.87. The average Bonchev–Trinajstić information content (AvgIpc) is 2.84. The van der Waals surface area contributed by atoms with Crippen LogP contribution in [0.5, 0.6) is 0 Å². The Balaban J connectivity index is 1.78. The molecule has 0 aliphatic heterocycles. The Bertz CT molecular complexity index is 1340. The molecule has 2 aromatic heterocycles. The number of aromatic nitrogens is 3. The quantitative estimate of drug-likeness (QED) is 0.490. The second kappa shape index (κ2) is 9.43. The van der Waals surface area contributed by atoms with E-state index in [9.17, 15) is 14.4 Å². The van der Waals surface area contributed by atoms with Crippen LogP contribution in [0.3, 0.4) is 0 Å². The van der Waals surface area contributed by atoms with E-state index < -0.39 is 11.7 Å². The summed E-state index contributed by atoms with van der Waals surface area (Å²) in [7, 11) is 0. The lowest BCUT2D eigenvalue weighted by atomic mass is 10.1. The number of amides is 1. The number of para-hydroxylation sites is 1. The molecule has 0 saturated carbocycles. The first-order valence-corrected chi connectivity index (χ1v) is 10.6. The fourth-order valence-electron chi connectivity index (χ4n) is 3.82. The number of rotatable bonds is 7. The molecule has 1 atom stereocenters. The van der Waals surface area contributed by atoms with Crippen LogP contribution in [-0.2, 0) is 17.9 Å². The van der Waals surface area contributed by atoms with E-state index in [0.29, 0.717) is 17.3 Å². The molecule has 4 rings (SSSR count). The lowest BCUT2D eigenvalue weighted by Gasteiger charge is -2.21. The zero-order valence-corrected chi connectivity index (χ0v) is 17.8. The zero-order chi connectivity index (χ0) is 22.5. The largest absolute Gasteiger partial charge is 0.349 e. The van der Waals surface area contributed by atoms with Crippen LogP contribution in [0.2, 0.25) is 0 Å². The van der Waals surface area contributed by atoms with Gasteiger partial charge in [-0.15, -0.1) is 0 Å². The van der Waals surface area contributed by atoms with Crippen LogP contribution in [-0.4, -0.2) is 20.0 Å². The van der Waals surface area contributed by atoms with Gasteiger partial charge in [-0.3, -0.25) is 23.7 Å². The smallest absolute Gasteiger partial charge is 0.332 e. The molecule has 0 aliphatic rings. The summed E-state index contributed by atoms with van der Waals surface area (Å²) >= 11 is 0. The molecule has 4 aromatic rings. The number of hydrogen-bond acceptors (Lipinski definition) is 4. The van der Waals surface area contributed by atoms with Crippen molar-refractivity contribution in [3.05, 3.63) is 111 Å². The third-order valence-corrected chi connectivity index (χ3v) is 5.43. The molecule has 0 spiro atoms. The molecule has 2 aromatic carbocycles. The highest BCUT2D eigenvalue weighted by Crippen LogP contribution is 2.17. The molecule has 1 unspecified atom stereocenters. The van der Waals surface area contributed by atoms with Crippen molar-refractivity contribution in [1.82, 2.24) is 19.4 Å². The molecule has 0 bridgehead atoms. The highest BCUT2D eigenvalue weighted by atomic mass is 16.2. The highest BCUT2D eigenvalue weighted by molar-refractivity contribution is 5.84. The van der Waals surface area contributed by atoms with Gasteiger partial charge in [-0.1, -0.05) is 55.5 Å². The number of benzene rings is 2. The van der Waals surface area contributed by atoms with Gasteiger partial charge in [-0.05, 0) is 36.2 Å². The summed E-state index contributed by atoms with van der Waals surface area (Å²) < 4.78 is 2.64. The number of nitrogens with one attached hydrogen (secondary N) is 1. The summed E-state index contributed by atoms with van der Waals surface area (Å²) in [4.78, 5) is 44.0. The lowest BCUT2D eigenvalue weighted by molar-refractivity contribution is -0.124. The maximum atomic E-state index is 13.5. The Morgan fingerprint density at radius 1 is 0.969 bits per heavy atom. The van der Waals surface area contributed by atoms with Crippen molar-refractivity contribution in [3.8, 4) is 0 Å². The van der Waals surface area contributed by atoms with Gasteiger partial charge in [-0.25, -0.2) is 4.79 Å². The molecule has 2 heterocycles. The van der Waals surface area contributed by atoms with Crippen molar-refractivity contribution < 1.29 is 4.79 Å². The van der Waals surface area contributed by atoms with E-state index in [1.807, 2.05) is 55.5 Å². The molecule has 162 valence electrons. The Morgan fingerprint density at radius 2 is 1.69 bits per heavy atom. The minimum absolute atomic E-state index is 0.134. The van der Waals surface area contributed by atoms with Gasteiger partial charge in [0.2, 0.25) is 5.91 Å². The first-order chi connectivity index (χ1) is 15.6. The van der Waals surface area contributed by atoms with Crippen molar-refractivity contribution in [1.29, 1.82) is 0 Å². The van der Waals surface area contributed by atoms with Crippen molar-refractivity contribution in [2.24, 2.45) is 0 Å². The third-order valence-electron chi connectivity index (χ3n) is 5.43. The van der Waals surface area contributed by atoms with Crippen LogP contribution in [0.4, 0.5) is 0 Å². The molecule has 1 amide bonds. The molecule has 7 nitrogen and oxygen atoms in total. The topological polar surface area (TPSA) is 86.0 Å². The average molecular weight is 428 g/mol. The maximum Gasteiger partial charge on any atom is 0.332 e. The molecule has 0 fully saturated rings. The Labute approximate surface area is 185 Å². The first-order valence-electron chi connectivity index (χ1n) is 10.6. The number of carbonyl (C=O) groups excluding carboxylic acids is 1. The minimum Gasteiger partial charge on any atom is -0.349 e. The van der Waals surface area contributed by atoms with Crippen LogP contribution in [0.25, 0.3) is 10.9 Å². The minimum atomic E-state index is -0.765. The second-order valence-electron chi connectivity index (χ2n) is 7.51. The van der Waals surface area contributed by atoms with E-state index in [2.05, 4.69) is 10.3 Å². The summed E-state index contributed by atoms with van der Waals surface area (Å²) in [5.41, 5.74) is 1.14. The van der Waals surface area contributed by atoms with Crippen molar-refractivity contribution >= 4 is 16.8 Å². The van der Waals surface area contributed by atoms with E-state index in [0.717, 1.165) is 11.3 Å². The van der Waals surface area contributed by atoms with E-state index in [1.54, 1.807) is 30.5 Å². The molecule has 7 heteroatoms. The summed E-state index contributed by atoms with van der Waals surface area (Å²) in [6, 6.07) is 21.0. The molecule has 0 saturated heterocycles. The van der Waals surface area contributed by atoms with E-state index >= 15 is 0 Å². The molecular weight excluding hydrogens is 404 g/mol. The van der Waals surface area contributed by atoms with Crippen LogP contribution in [0.1, 0.15) is 30.6 Å². The van der Waals surface area contributed by atoms with Gasteiger partial charge >= 0.3 is 5.69 Å². The highest BCUT2D eigenvalue weighted by Gasteiger charge is 2.24. The fourth-order valence-corrected chi connectivity index (χ4v) is 3.82. The van der Waals surface area contributed by atoms with Gasteiger partial charge < -0.3 is 5.32 Å². The molecular formula is C25H24N4O3. The maximum absolute atomic E-state index is 13.5.